The molecule has 0 radical (unpaired) electrons. The van der Waals surface area contributed by atoms with E-state index in [4.69, 9.17) is 27.9 Å². The van der Waals surface area contributed by atoms with Crippen molar-refractivity contribution in [3.63, 3.8) is 0 Å². The van der Waals surface area contributed by atoms with Crippen LogP contribution in [-0.4, -0.2) is 37.0 Å². The molecule has 132 valence electrons. The number of ether oxygens (including phenoxy) is 1. The molecule has 2 aliphatic rings. The summed E-state index contributed by atoms with van der Waals surface area (Å²) in [7, 11) is 0. The first-order valence-corrected chi connectivity index (χ1v) is 9.08. The number of urea groups is 1. The van der Waals surface area contributed by atoms with Crippen LogP contribution in [0, 0.1) is 5.92 Å². The summed E-state index contributed by atoms with van der Waals surface area (Å²) in [5, 5.41) is 16.6. The molecule has 1 aliphatic heterocycles. The fourth-order valence-corrected chi connectivity index (χ4v) is 4.02. The van der Waals surface area contributed by atoms with Gasteiger partial charge in [0.05, 0.1) is 28.7 Å². The van der Waals surface area contributed by atoms with E-state index in [2.05, 4.69) is 10.6 Å². The van der Waals surface area contributed by atoms with Gasteiger partial charge in [0, 0.05) is 13.2 Å². The highest BCUT2D eigenvalue weighted by atomic mass is 35.5. The van der Waals surface area contributed by atoms with Gasteiger partial charge in [-0.15, -0.1) is 0 Å². The first-order chi connectivity index (χ1) is 11.6. The molecular formula is C17H22Cl2N2O3. The summed E-state index contributed by atoms with van der Waals surface area (Å²) >= 11 is 12.3. The number of hydrogen-bond donors (Lipinski definition) is 3. The summed E-state index contributed by atoms with van der Waals surface area (Å²) in [6.07, 6.45) is 3.30. The number of aliphatic hydroxyl groups excluding tert-OH is 1. The number of aliphatic hydroxyl groups is 1. The predicted molar refractivity (Wildman–Crippen MR) is 93.6 cm³/mol. The Morgan fingerprint density at radius 3 is 2.75 bits per heavy atom. The van der Waals surface area contributed by atoms with Crippen LogP contribution in [0.2, 0.25) is 10.0 Å². The van der Waals surface area contributed by atoms with E-state index in [0.717, 1.165) is 36.8 Å². The zero-order valence-corrected chi connectivity index (χ0v) is 14.9. The van der Waals surface area contributed by atoms with Gasteiger partial charge in [0.25, 0.3) is 0 Å². The minimum Gasteiger partial charge on any atom is -0.394 e. The van der Waals surface area contributed by atoms with Crippen LogP contribution < -0.4 is 10.6 Å². The molecule has 1 fully saturated rings. The number of amides is 2. The zero-order chi connectivity index (χ0) is 17.1. The van der Waals surface area contributed by atoms with Gasteiger partial charge >= 0.3 is 6.03 Å². The maximum atomic E-state index is 12.3. The van der Waals surface area contributed by atoms with Crippen LogP contribution in [0.25, 0.3) is 0 Å². The van der Waals surface area contributed by atoms with Crippen LogP contribution in [-0.2, 0) is 11.2 Å². The lowest BCUT2D eigenvalue weighted by molar-refractivity contribution is 0.0455. The van der Waals surface area contributed by atoms with Crippen molar-refractivity contribution in [1.82, 2.24) is 10.6 Å². The number of hydrogen-bond acceptors (Lipinski definition) is 3. The van der Waals surface area contributed by atoms with Crippen molar-refractivity contribution < 1.29 is 14.6 Å². The molecule has 1 aromatic rings. The van der Waals surface area contributed by atoms with Crippen LogP contribution in [0.3, 0.4) is 0 Å². The van der Waals surface area contributed by atoms with E-state index in [1.54, 1.807) is 6.07 Å². The highest BCUT2D eigenvalue weighted by Crippen LogP contribution is 2.39. The van der Waals surface area contributed by atoms with Gasteiger partial charge in [-0.2, -0.15) is 0 Å². The molecule has 3 rings (SSSR count). The zero-order valence-electron chi connectivity index (χ0n) is 13.4. The third kappa shape index (κ3) is 3.80. The maximum absolute atomic E-state index is 12.3. The van der Waals surface area contributed by atoms with E-state index in [-0.39, 0.29) is 30.6 Å². The molecule has 1 aromatic carbocycles. The van der Waals surface area contributed by atoms with Gasteiger partial charge in [-0.05, 0) is 48.8 Å². The molecule has 7 heteroatoms. The Kier molecular flexibility index (Phi) is 5.87. The molecule has 3 N–H and O–H groups in total. The monoisotopic (exact) mass is 372 g/mol. The summed E-state index contributed by atoms with van der Waals surface area (Å²) in [6, 6.07) is 3.10. The summed E-state index contributed by atoms with van der Waals surface area (Å²) in [4.78, 5) is 12.3. The van der Waals surface area contributed by atoms with E-state index >= 15 is 0 Å². The molecule has 0 aromatic heterocycles. The molecule has 0 saturated carbocycles. The average Bonchev–Trinajstić information content (AvgIpc) is 3.00. The summed E-state index contributed by atoms with van der Waals surface area (Å²) in [5.41, 5.74) is 2.03. The standard InChI is InChI=1S/C17H22Cl2N2O3/c18-13-3-1-11-12(16(13)19)2-4-14(11)20-17(23)21-15(9-22)10-5-7-24-8-6-10/h1,3,10,14-15,22H,2,4-9H2,(H2,20,21,23). The normalized spacial score (nSPS) is 22.0. The van der Waals surface area contributed by atoms with Gasteiger partial charge in [-0.3, -0.25) is 0 Å². The second kappa shape index (κ2) is 7.91. The molecular weight excluding hydrogens is 351 g/mol. The van der Waals surface area contributed by atoms with Gasteiger partial charge in [0.15, 0.2) is 0 Å². The Morgan fingerprint density at radius 2 is 2.04 bits per heavy atom. The van der Waals surface area contributed by atoms with Gasteiger partial charge in [-0.1, -0.05) is 29.3 Å². The van der Waals surface area contributed by atoms with Crippen molar-refractivity contribution in [1.29, 1.82) is 0 Å². The second-order valence-electron chi connectivity index (χ2n) is 6.38. The molecule has 2 amide bonds. The van der Waals surface area contributed by atoms with Gasteiger partial charge in [0.1, 0.15) is 0 Å². The van der Waals surface area contributed by atoms with E-state index in [1.807, 2.05) is 6.07 Å². The number of halogens is 2. The van der Waals surface area contributed by atoms with E-state index in [1.165, 1.54) is 0 Å². The van der Waals surface area contributed by atoms with Crippen molar-refractivity contribution >= 4 is 29.2 Å². The molecule has 5 nitrogen and oxygen atoms in total. The van der Waals surface area contributed by atoms with Crippen molar-refractivity contribution in [2.45, 2.75) is 37.8 Å². The Bertz CT molecular complexity index is 606. The smallest absolute Gasteiger partial charge is 0.315 e. The van der Waals surface area contributed by atoms with Gasteiger partial charge in [-0.25, -0.2) is 4.79 Å². The van der Waals surface area contributed by atoms with E-state index in [0.29, 0.717) is 23.3 Å². The number of carbonyl (C=O) groups is 1. The number of benzene rings is 1. The Morgan fingerprint density at radius 1 is 1.29 bits per heavy atom. The average molecular weight is 373 g/mol. The molecule has 2 atom stereocenters. The quantitative estimate of drug-likeness (QED) is 0.760. The summed E-state index contributed by atoms with van der Waals surface area (Å²) in [5.74, 6) is 0.249. The van der Waals surface area contributed by atoms with E-state index < -0.39 is 0 Å². The van der Waals surface area contributed by atoms with E-state index in [9.17, 15) is 9.90 Å². The first kappa shape index (κ1) is 17.8. The minimum absolute atomic E-state index is 0.0687. The van der Waals surface area contributed by atoms with Crippen molar-refractivity contribution in [2.24, 2.45) is 5.92 Å². The number of carbonyl (C=O) groups excluding carboxylic acids is 1. The third-order valence-electron chi connectivity index (χ3n) is 4.94. The Hall–Kier alpha value is -1.01. The van der Waals surface area contributed by atoms with Crippen LogP contribution in [0.1, 0.15) is 36.4 Å². The van der Waals surface area contributed by atoms with Crippen molar-refractivity contribution in [3.05, 3.63) is 33.3 Å². The third-order valence-corrected chi connectivity index (χ3v) is 5.79. The fourth-order valence-electron chi connectivity index (χ4n) is 3.58. The van der Waals surface area contributed by atoms with Crippen LogP contribution in [0.4, 0.5) is 4.79 Å². The molecule has 1 aliphatic carbocycles. The molecule has 24 heavy (non-hydrogen) atoms. The minimum atomic E-state index is -0.260. The Labute approximate surface area is 151 Å². The highest BCUT2D eigenvalue weighted by Gasteiger charge is 2.29. The van der Waals surface area contributed by atoms with Crippen LogP contribution in [0.15, 0.2) is 12.1 Å². The Balaban J connectivity index is 1.61. The molecule has 0 spiro atoms. The number of nitrogens with one attached hydrogen (secondary N) is 2. The van der Waals surface area contributed by atoms with Gasteiger partial charge < -0.3 is 20.5 Å². The molecule has 1 saturated heterocycles. The second-order valence-corrected chi connectivity index (χ2v) is 7.16. The lowest BCUT2D eigenvalue weighted by atomic mass is 9.92. The lowest BCUT2D eigenvalue weighted by Crippen LogP contribution is -2.49. The van der Waals surface area contributed by atoms with Gasteiger partial charge in [0.2, 0.25) is 0 Å². The lowest BCUT2D eigenvalue weighted by Gasteiger charge is -2.30. The number of rotatable bonds is 4. The fraction of sp³-hybridized carbons (Fsp3) is 0.588. The largest absolute Gasteiger partial charge is 0.394 e. The predicted octanol–water partition coefficient (Wildman–Crippen LogP) is 3.07. The van der Waals surface area contributed by atoms with Crippen molar-refractivity contribution in [3.8, 4) is 0 Å². The van der Waals surface area contributed by atoms with Crippen LogP contribution >= 0.6 is 23.2 Å². The topological polar surface area (TPSA) is 70.6 Å². The highest BCUT2D eigenvalue weighted by molar-refractivity contribution is 6.42. The first-order valence-electron chi connectivity index (χ1n) is 8.32. The summed E-state index contributed by atoms with van der Waals surface area (Å²) in [6.45, 7) is 1.29. The SMILES string of the molecule is O=C(NC1CCc2c1ccc(Cl)c2Cl)NC(CO)C1CCOCC1. The molecule has 0 bridgehead atoms. The maximum Gasteiger partial charge on any atom is 0.315 e. The molecule has 1 heterocycles. The number of fused-ring (bicyclic) bond motifs is 1. The summed E-state index contributed by atoms with van der Waals surface area (Å²) < 4.78 is 5.33. The van der Waals surface area contributed by atoms with Crippen molar-refractivity contribution in [2.75, 3.05) is 19.8 Å². The van der Waals surface area contributed by atoms with Crippen LogP contribution in [0.5, 0.6) is 0 Å². The molecule has 2 unspecified atom stereocenters.